The quantitative estimate of drug-likeness (QED) is 0.673. The standard InChI is InChI=1S/C8H6F10O/c1-3(9)4(10,11)6(14,15)8(18,19-2)7(16,17)5(3,12)13/h1-2H3. The fourth-order valence-electron chi connectivity index (χ4n) is 1.64. The van der Waals surface area contributed by atoms with Crippen molar-refractivity contribution in [3.05, 3.63) is 0 Å². The highest BCUT2D eigenvalue weighted by molar-refractivity contribution is 5.25. The number of methoxy groups -OCH3 is 1. The smallest absolute Gasteiger partial charge is 0.340 e. The molecule has 1 aliphatic rings. The van der Waals surface area contributed by atoms with Crippen LogP contribution in [0.3, 0.4) is 0 Å². The third-order valence-corrected chi connectivity index (χ3v) is 3.06. The highest BCUT2D eigenvalue weighted by atomic mass is 19.4. The van der Waals surface area contributed by atoms with Crippen molar-refractivity contribution in [1.82, 2.24) is 0 Å². The van der Waals surface area contributed by atoms with E-state index in [4.69, 9.17) is 0 Å². The van der Waals surface area contributed by atoms with Crippen LogP contribution in [0.25, 0.3) is 0 Å². The molecule has 0 N–H and O–H groups in total. The molecule has 1 nitrogen and oxygen atoms in total. The van der Waals surface area contributed by atoms with Gasteiger partial charge in [0.05, 0.1) is 0 Å². The van der Waals surface area contributed by atoms with Gasteiger partial charge in [-0.05, 0) is 6.92 Å². The number of rotatable bonds is 1. The molecule has 0 amide bonds. The number of halogens is 10. The molecule has 0 aromatic heterocycles. The summed E-state index contributed by atoms with van der Waals surface area (Å²) >= 11 is 0. The molecular formula is C8H6F10O. The van der Waals surface area contributed by atoms with Gasteiger partial charge in [0.1, 0.15) is 0 Å². The van der Waals surface area contributed by atoms with Gasteiger partial charge in [-0.15, -0.1) is 0 Å². The minimum absolute atomic E-state index is 0.241. The largest absolute Gasteiger partial charge is 0.377 e. The molecule has 1 rings (SSSR count). The van der Waals surface area contributed by atoms with Crippen LogP contribution in [-0.4, -0.2) is 42.3 Å². The first-order chi connectivity index (χ1) is 8.06. The van der Waals surface area contributed by atoms with Crippen LogP contribution >= 0.6 is 0 Å². The van der Waals surface area contributed by atoms with Crippen molar-refractivity contribution < 1.29 is 48.6 Å². The molecule has 1 fully saturated rings. The van der Waals surface area contributed by atoms with E-state index in [0.29, 0.717) is 0 Å². The molecule has 0 aromatic rings. The molecule has 0 atom stereocenters. The summed E-state index contributed by atoms with van der Waals surface area (Å²) in [6.07, 6.45) is 0. The minimum atomic E-state index is -6.52. The van der Waals surface area contributed by atoms with Crippen LogP contribution in [0.1, 0.15) is 6.92 Å². The average Bonchev–Trinajstić information content (AvgIpc) is 2.24. The SMILES string of the molecule is COC1(F)C(F)(F)C(F)(F)C(C)(F)C(F)(F)C1(F)F. The Morgan fingerprint density at radius 2 is 0.842 bits per heavy atom. The fourth-order valence-corrected chi connectivity index (χ4v) is 1.64. The predicted molar refractivity (Wildman–Crippen MR) is 40.1 cm³/mol. The zero-order valence-corrected chi connectivity index (χ0v) is 9.19. The van der Waals surface area contributed by atoms with E-state index < -0.39 is 42.1 Å². The lowest BCUT2D eigenvalue weighted by Gasteiger charge is -2.53. The third-order valence-electron chi connectivity index (χ3n) is 3.06. The molecular weight excluding hydrogens is 302 g/mol. The molecule has 11 heteroatoms. The molecule has 0 unspecified atom stereocenters. The summed E-state index contributed by atoms with van der Waals surface area (Å²) in [4.78, 5) is 0. The number of hydrogen-bond donors (Lipinski definition) is 0. The van der Waals surface area contributed by atoms with Crippen molar-refractivity contribution in [3.8, 4) is 0 Å². The molecule has 19 heavy (non-hydrogen) atoms. The van der Waals surface area contributed by atoms with Gasteiger partial charge in [0, 0.05) is 7.11 Å². The summed E-state index contributed by atoms with van der Waals surface area (Å²) < 4.78 is 134. The molecule has 0 radical (unpaired) electrons. The van der Waals surface area contributed by atoms with Crippen molar-refractivity contribution in [2.75, 3.05) is 7.11 Å². The molecule has 0 saturated heterocycles. The van der Waals surface area contributed by atoms with Gasteiger partial charge in [-0.3, -0.25) is 0 Å². The summed E-state index contributed by atoms with van der Waals surface area (Å²) in [6, 6.07) is 0. The van der Waals surface area contributed by atoms with Crippen molar-refractivity contribution in [2.45, 2.75) is 42.1 Å². The molecule has 0 spiro atoms. The van der Waals surface area contributed by atoms with Crippen molar-refractivity contribution in [1.29, 1.82) is 0 Å². The Labute approximate surface area is 99.1 Å². The van der Waals surface area contributed by atoms with E-state index in [1.165, 1.54) is 0 Å². The van der Waals surface area contributed by atoms with E-state index in [1.807, 2.05) is 0 Å². The molecule has 0 aromatic carbocycles. The number of alkyl halides is 10. The Bertz CT molecular complexity index is 357. The average molecular weight is 308 g/mol. The third kappa shape index (κ3) is 1.27. The Morgan fingerprint density at radius 3 is 1.05 bits per heavy atom. The summed E-state index contributed by atoms with van der Waals surface area (Å²) in [6.45, 7) is -0.857. The van der Waals surface area contributed by atoms with Gasteiger partial charge in [0.25, 0.3) is 0 Å². The fraction of sp³-hybridized carbons (Fsp3) is 1.00. The van der Waals surface area contributed by atoms with Gasteiger partial charge in [0.15, 0.2) is 0 Å². The van der Waals surface area contributed by atoms with Crippen molar-refractivity contribution in [3.63, 3.8) is 0 Å². The van der Waals surface area contributed by atoms with Crippen LogP contribution in [0.2, 0.25) is 0 Å². The highest BCUT2D eigenvalue weighted by Gasteiger charge is 2.99. The number of ether oxygens (including phenoxy) is 1. The second kappa shape index (κ2) is 3.47. The van der Waals surface area contributed by atoms with Gasteiger partial charge in [-0.1, -0.05) is 0 Å². The van der Waals surface area contributed by atoms with Gasteiger partial charge in [0.2, 0.25) is 5.67 Å². The lowest BCUT2D eigenvalue weighted by atomic mass is 9.72. The molecule has 114 valence electrons. The second-order valence-corrected chi connectivity index (χ2v) is 4.10. The van der Waals surface area contributed by atoms with E-state index in [0.717, 1.165) is 0 Å². The highest BCUT2D eigenvalue weighted by Crippen LogP contribution is 2.68. The van der Waals surface area contributed by atoms with Crippen molar-refractivity contribution in [2.24, 2.45) is 0 Å². The summed E-state index contributed by atoms with van der Waals surface area (Å²) in [5.74, 6) is -32.0. The van der Waals surface area contributed by atoms with E-state index in [2.05, 4.69) is 4.74 Å². The Hall–Kier alpha value is -0.740. The maximum absolute atomic E-state index is 13.3. The monoisotopic (exact) mass is 308 g/mol. The van der Waals surface area contributed by atoms with Crippen LogP contribution < -0.4 is 0 Å². The van der Waals surface area contributed by atoms with Crippen LogP contribution in [0, 0.1) is 0 Å². The van der Waals surface area contributed by atoms with Crippen LogP contribution in [0.15, 0.2) is 0 Å². The van der Waals surface area contributed by atoms with Crippen molar-refractivity contribution >= 4 is 0 Å². The maximum Gasteiger partial charge on any atom is 0.377 e. The van der Waals surface area contributed by atoms with Crippen LogP contribution in [0.5, 0.6) is 0 Å². The first kappa shape index (κ1) is 16.3. The van der Waals surface area contributed by atoms with E-state index in [9.17, 15) is 43.9 Å². The minimum Gasteiger partial charge on any atom is -0.340 e. The van der Waals surface area contributed by atoms with Gasteiger partial charge >= 0.3 is 29.5 Å². The van der Waals surface area contributed by atoms with Gasteiger partial charge in [-0.25, -0.2) is 4.39 Å². The molecule has 1 aliphatic carbocycles. The van der Waals surface area contributed by atoms with E-state index in [-0.39, 0.29) is 7.11 Å². The molecule has 0 aliphatic heterocycles. The van der Waals surface area contributed by atoms with Crippen LogP contribution in [-0.2, 0) is 4.74 Å². The number of hydrogen-bond acceptors (Lipinski definition) is 1. The topological polar surface area (TPSA) is 9.23 Å². The van der Waals surface area contributed by atoms with E-state index >= 15 is 0 Å². The normalized spacial score (nSPS) is 42.9. The maximum atomic E-state index is 13.3. The van der Waals surface area contributed by atoms with Gasteiger partial charge in [-0.2, -0.15) is 39.5 Å². The summed E-state index contributed by atoms with van der Waals surface area (Å²) in [7, 11) is -0.241. The Morgan fingerprint density at radius 1 is 0.579 bits per heavy atom. The zero-order chi connectivity index (χ0) is 15.7. The zero-order valence-electron chi connectivity index (χ0n) is 9.19. The Kier molecular flexibility index (Phi) is 2.98. The molecule has 0 bridgehead atoms. The predicted octanol–water partition coefficient (Wildman–Crippen LogP) is 3.58. The summed E-state index contributed by atoms with van der Waals surface area (Å²) in [5.41, 5.74) is -5.69. The molecule has 1 saturated carbocycles. The first-order valence-corrected chi connectivity index (χ1v) is 4.50. The Balaban J connectivity index is 3.76. The second-order valence-electron chi connectivity index (χ2n) is 4.10. The van der Waals surface area contributed by atoms with E-state index in [1.54, 1.807) is 0 Å². The first-order valence-electron chi connectivity index (χ1n) is 4.50. The van der Waals surface area contributed by atoms with Gasteiger partial charge < -0.3 is 4.74 Å². The lowest BCUT2D eigenvalue weighted by molar-refractivity contribution is -0.500. The van der Waals surface area contributed by atoms with Crippen LogP contribution in [0.4, 0.5) is 43.9 Å². The molecule has 0 heterocycles. The lowest BCUT2D eigenvalue weighted by Crippen LogP contribution is -2.84. The summed E-state index contributed by atoms with van der Waals surface area (Å²) in [5, 5.41) is 0.